The van der Waals surface area contributed by atoms with E-state index in [1.54, 1.807) is 12.1 Å². The first kappa shape index (κ1) is 19.3. The number of ether oxygens (including phenoxy) is 1. The molecule has 27 heavy (non-hydrogen) atoms. The maximum absolute atomic E-state index is 12.9. The Morgan fingerprint density at radius 1 is 1.22 bits per heavy atom. The first-order valence-electron chi connectivity index (χ1n) is 7.55. The summed E-state index contributed by atoms with van der Waals surface area (Å²) < 4.78 is 44.8. The van der Waals surface area contributed by atoms with E-state index in [2.05, 4.69) is 10.3 Å². The molecule has 5 nitrogen and oxygen atoms in total. The van der Waals surface area contributed by atoms with Crippen LogP contribution in [0.5, 0.6) is 5.75 Å². The van der Waals surface area contributed by atoms with Gasteiger partial charge >= 0.3 is 6.18 Å². The van der Waals surface area contributed by atoms with Gasteiger partial charge in [0.25, 0.3) is 0 Å². The maximum Gasteiger partial charge on any atom is 0.417 e. The minimum atomic E-state index is -4.53. The molecule has 0 aliphatic rings. The van der Waals surface area contributed by atoms with Crippen LogP contribution in [-0.4, -0.2) is 22.4 Å². The van der Waals surface area contributed by atoms with Crippen LogP contribution in [0.4, 0.5) is 18.9 Å². The molecule has 0 aliphatic carbocycles. The minimum Gasteiger partial charge on any atom is -0.495 e. The molecule has 1 aromatic carbocycles. The van der Waals surface area contributed by atoms with Crippen LogP contribution in [0.15, 0.2) is 36.7 Å². The highest BCUT2D eigenvalue weighted by atomic mass is 35.5. The first-order chi connectivity index (χ1) is 12.7. The Hall–Kier alpha value is -2.45. The van der Waals surface area contributed by atoms with Gasteiger partial charge in [-0.3, -0.25) is 4.79 Å². The topological polar surface area (TPSA) is 55.6 Å². The maximum atomic E-state index is 12.9. The monoisotopic (exact) mass is 417 g/mol. The van der Waals surface area contributed by atoms with Gasteiger partial charge in [0, 0.05) is 18.1 Å². The number of pyridine rings is 1. The van der Waals surface area contributed by atoms with E-state index in [1.165, 1.54) is 19.4 Å². The van der Waals surface area contributed by atoms with Crippen molar-refractivity contribution in [2.75, 3.05) is 12.4 Å². The number of hydrogen-bond acceptors (Lipinski definition) is 3. The number of nitrogens with zero attached hydrogens (tertiary/aromatic N) is 2. The van der Waals surface area contributed by atoms with Gasteiger partial charge in [-0.2, -0.15) is 13.2 Å². The van der Waals surface area contributed by atoms with Crippen LogP contribution in [0.3, 0.4) is 0 Å². The molecule has 0 atom stereocenters. The number of methoxy groups -OCH3 is 1. The summed E-state index contributed by atoms with van der Waals surface area (Å²) in [5, 5.41) is 2.81. The summed E-state index contributed by atoms with van der Waals surface area (Å²) in [6, 6.07) is 5.53. The van der Waals surface area contributed by atoms with Crippen LogP contribution >= 0.6 is 23.2 Å². The molecule has 3 rings (SSSR count). The summed E-state index contributed by atoms with van der Waals surface area (Å²) >= 11 is 11.9. The van der Waals surface area contributed by atoms with Gasteiger partial charge in [0.05, 0.1) is 34.8 Å². The Kier molecular flexibility index (Phi) is 5.21. The summed E-state index contributed by atoms with van der Waals surface area (Å²) in [6.45, 7) is 0. The summed E-state index contributed by atoms with van der Waals surface area (Å²) in [5.41, 5.74) is -0.0403. The lowest BCUT2D eigenvalue weighted by Crippen LogP contribution is -2.14. The summed E-state index contributed by atoms with van der Waals surface area (Å²) in [5.74, 6) is 0.0527. The molecule has 0 spiro atoms. The SMILES string of the molecule is COc1ccc(NC(=O)Cc2cn3cc(C(F)(F)F)cc(Cl)c3n2)cc1Cl. The third-order valence-corrected chi connectivity index (χ3v) is 4.23. The van der Waals surface area contributed by atoms with Gasteiger partial charge in [0.1, 0.15) is 5.75 Å². The fraction of sp³-hybridized carbons (Fsp3) is 0.176. The molecule has 3 aromatic rings. The number of halogens is 5. The second-order valence-electron chi connectivity index (χ2n) is 5.61. The smallest absolute Gasteiger partial charge is 0.417 e. The third-order valence-electron chi connectivity index (χ3n) is 3.66. The molecule has 1 N–H and O–H groups in total. The highest BCUT2D eigenvalue weighted by molar-refractivity contribution is 6.33. The van der Waals surface area contributed by atoms with E-state index in [1.807, 2.05) is 0 Å². The van der Waals surface area contributed by atoms with Gasteiger partial charge in [-0.05, 0) is 24.3 Å². The average molecular weight is 418 g/mol. The second kappa shape index (κ2) is 7.28. The molecular weight excluding hydrogens is 406 g/mol. The number of aromatic nitrogens is 2. The number of rotatable bonds is 4. The number of benzene rings is 1. The zero-order valence-electron chi connectivity index (χ0n) is 13.8. The molecule has 10 heteroatoms. The quantitative estimate of drug-likeness (QED) is 0.659. The van der Waals surface area contributed by atoms with Crippen LogP contribution in [0.2, 0.25) is 10.0 Å². The van der Waals surface area contributed by atoms with Crippen LogP contribution in [0.25, 0.3) is 5.65 Å². The minimum absolute atomic E-state index is 0.139. The molecule has 0 aliphatic heterocycles. The molecular formula is C17H12Cl2F3N3O2. The van der Waals surface area contributed by atoms with Crippen molar-refractivity contribution in [2.24, 2.45) is 0 Å². The van der Waals surface area contributed by atoms with E-state index in [9.17, 15) is 18.0 Å². The average Bonchev–Trinajstić information content (AvgIpc) is 2.97. The molecule has 0 fully saturated rings. The van der Waals surface area contributed by atoms with Crippen molar-refractivity contribution in [1.29, 1.82) is 0 Å². The van der Waals surface area contributed by atoms with E-state index in [-0.39, 0.29) is 22.8 Å². The van der Waals surface area contributed by atoms with E-state index in [4.69, 9.17) is 27.9 Å². The molecule has 0 saturated heterocycles. The van der Waals surface area contributed by atoms with E-state index in [0.717, 1.165) is 16.7 Å². The Labute approximate surface area is 161 Å². The molecule has 142 valence electrons. The standard InChI is InChI=1S/C17H12Cl2F3N3O2/c1-27-14-3-2-10(5-12(14)18)23-15(26)6-11-8-25-7-9(17(20,21)22)4-13(19)16(25)24-11/h2-5,7-8H,6H2,1H3,(H,23,26). The summed E-state index contributed by atoms with van der Waals surface area (Å²) in [4.78, 5) is 16.3. The molecule has 0 saturated carbocycles. The van der Waals surface area contributed by atoms with Gasteiger partial charge in [0.2, 0.25) is 5.91 Å². The normalized spacial score (nSPS) is 11.6. The van der Waals surface area contributed by atoms with Crippen molar-refractivity contribution < 1.29 is 22.7 Å². The number of alkyl halides is 3. The Morgan fingerprint density at radius 3 is 2.59 bits per heavy atom. The van der Waals surface area contributed by atoms with Crippen molar-refractivity contribution in [3.05, 3.63) is 58.0 Å². The van der Waals surface area contributed by atoms with Crippen LogP contribution < -0.4 is 10.1 Å². The zero-order valence-corrected chi connectivity index (χ0v) is 15.3. The van der Waals surface area contributed by atoms with Crippen molar-refractivity contribution in [3.63, 3.8) is 0 Å². The zero-order chi connectivity index (χ0) is 19.8. The summed E-state index contributed by atoms with van der Waals surface area (Å²) in [6.07, 6.45) is -2.48. The first-order valence-corrected chi connectivity index (χ1v) is 8.30. The van der Waals surface area contributed by atoms with E-state index < -0.39 is 17.6 Å². The Bertz CT molecular complexity index is 1020. The number of imidazole rings is 1. The molecule has 2 aromatic heterocycles. The third kappa shape index (κ3) is 4.28. The fourth-order valence-electron chi connectivity index (χ4n) is 2.46. The van der Waals surface area contributed by atoms with Crippen LogP contribution in [0, 0.1) is 0 Å². The van der Waals surface area contributed by atoms with E-state index in [0.29, 0.717) is 16.5 Å². The predicted octanol–water partition coefficient (Wildman–Crippen LogP) is 4.85. The van der Waals surface area contributed by atoms with Gasteiger partial charge in [-0.15, -0.1) is 0 Å². The number of nitrogens with one attached hydrogen (secondary N) is 1. The van der Waals surface area contributed by atoms with Crippen molar-refractivity contribution in [1.82, 2.24) is 9.38 Å². The number of amides is 1. The van der Waals surface area contributed by atoms with Gasteiger partial charge in [-0.25, -0.2) is 4.98 Å². The number of carbonyl (C=O) groups is 1. The molecule has 0 unspecified atom stereocenters. The highest BCUT2D eigenvalue weighted by Crippen LogP contribution is 2.32. The van der Waals surface area contributed by atoms with Gasteiger partial charge in [0.15, 0.2) is 5.65 Å². The fourth-order valence-corrected chi connectivity index (χ4v) is 2.98. The lowest BCUT2D eigenvalue weighted by atomic mass is 10.2. The van der Waals surface area contributed by atoms with Gasteiger partial charge < -0.3 is 14.5 Å². The molecule has 2 heterocycles. The van der Waals surface area contributed by atoms with Crippen LogP contribution in [-0.2, 0) is 17.4 Å². The lowest BCUT2D eigenvalue weighted by Gasteiger charge is -2.07. The van der Waals surface area contributed by atoms with E-state index >= 15 is 0 Å². The predicted molar refractivity (Wildman–Crippen MR) is 95.5 cm³/mol. The Balaban J connectivity index is 1.79. The summed E-state index contributed by atoms with van der Waals surface area (Å²) in [7, 11) is 1.47. The van der Waals surface area contributed by atoms with Crippen LogP contribution in [0.1, 0.15) is 11.3 Å². The van der Waals surface area contributed by atoms with Crippen molar-refractivity contribution in [3.8, 4) is 5.75 Å². The molecule has 0 radical (unpaired) electrons. The Morgan fingerprint density at radius 2 is 1.96 bits per heavy atom. The number of hydrogen-bond donors (Lipinski definition) is 1. The number of anilines is 1. The lowest BCUT2D eigenvalue weighted by molar-refractivity contribution is -0.137. The second-order valence-corrected chi connectivity index (χ2v) is 6.43. The van der Waals surface area contributed by atoms with Crippen molar-refractivity contribution in [2.45, 2.75) is 12.6 Å². The van der Waals surface area contributed by atoms with Crippen molar-refractivity contribution >= 4 is 40.4 Å². The number of fused-ring (bicyclic) bond motifs is 1. The highest BCUT2D eigenvalue weighted by Gasteiger charge is 2.32. The largest absolute Gasteiger partial charge is 0.495 e. The molecule has 0 bridgehead atoms. The molecule has 1 amide bonds. The van der Waals surface area contributed by atoms with Gasteiger partial charge in [-0.1, -0.05) is 23.2 Å². The number of carbonyl (C=O) groups excluding carboxylic acids is 1.